The van der Waals surface area contributed by atoms with E-state index in [0.717, 1.165) is 45.6 Å². The molecule has 0 amide bonds. The second-order valence-corrected chi connectivity index (χ2v) is 5.67. The summed E-state index contributed by atoms with van der Waals surface area (Å²) in [5.74, 6) is 0. The Bertz CT molecular complexity index is 848. The summed E-state index contributed by atoms with van der Waals surface area (Å²) in [7, 11) is 0. The monoisotopic (exact) mass is 547 g/mol. The van der Waals surface area contributed by atoms with Crippen molar-refractivity contribution in [3.8, 4) is 0 Å². The van der Waals surface area contributed by atoms with Crippen molar-refractivity contribution in [1.29, 1.82) is 0 Å². The van der Waals surface area contributed by atoms with Crippen LogP contribution in [0.1, 0.15) is 0 Å². The second-order valence-electron chi connectivity index (χ2n) is 5.67. The minimum atomic E-state index is 0. The van der Waals surface area contributed by atoms with Crippen molar-refractivity contribution in [1.82, 2.24) is 0 Å². The maximum absolute atomic E-state index is 4.59. The quantitative estimate of drug-likeness (QED) is 0.394. The maximum atomic E-state index is 4.59. The molecule has 0 atom stereocenters. The van der Waals surface area contributed by atoms with Crippen molar-refractivity contribution in [2.75, 3.05) is 0 Å². The third-order valence-corrected chi connectivity index (χ3v) is 3.84. The van der Waals surface area contributed by atoms with Crippen LogP contribution in [0.3, 0.4) is 0 Å². The Kier molecular flexibility index (Phi) is 7.89. The van der Waals surface area contributed by atoms with Gasteiger partial charge in [-0.15, -0.1) is 12.2 Å². The molecule has 0 radical (unpaired) electrons. The molecular formula is C23H20N4Pt. The van der Waals surface area contributed by atoms with Crippen LogP contribution in [0.15, 0.2) is 110 Å². The van der Waals surface area contributed by atoms with Crippen LogP contribution < -0.4 is 0 Å². The summed E-state index contributed by atoms with van der Waals surface area (Å²) < 4.78 is 0. The number of nitrogens with zero attached hydrogens (tertiary/aromatic N) is 4. The van der Waals surface area contributed by atoms with Gasteiger partial charge in [0.15, 0.2) is 0 Å². The van der Waals surface area contributed by atoms with Gasteiger partial charge < -0.3 is 27.3 Å². The molecular weight excluding hydrogens is 527 g/mol. The zero-order valence-corrected chi connectivity index (χ0v) is 18.2. The average molecular weight is 548 g/mol. The summed E-state index contributed by atoms with van der Waals surface area (Å²) in [4.78, 5) is 18.3. The van der Waals surface area contributed by atoms with E-state index < -0.39 is 0 Å². The number of fused-ring (bicyclic) bond motifs is 4. The Labute approximate surface area is 181 Å². The van der Waals surface area contributed by atoms with Gasteiger partial charge in [0.1, 0.15) is 0 Å². The van der Waals surface area contributed by atoms with E-state index in [2.05, 4.69) is 26.0 Å². The van der Waals surface area contributed by atoms with Crippen LogP contribution in [-0.4, -0.2) is 22.8 Å². The van der Waals surface area contributed by atoms with Crippen LogP contribution in [-0.2, 0) is 21.1 Å². The van der Waals surface area contributed by atoms with Gasteiger partial charge in [-0.25, -0.2) is 4.99 Å². The van der Waals surface area contributed by atoms with Gasteiger partial charge >= 0.3 is 21.1 Å². The Hall–Kier alpha value is -2.71. The van der Waals surface area contributed by atoms with Crippen LogP contribution in [0, 0.1) is 28.4 Å². The maximum Gasteiger partial charge on any atom is 4.00 e. The summed E-state index contributed by atoms with van der Waals surface area (Å²) in [5, 5.41) is 0. The van der Waals surface area contributed by atoms with Crippen molar-refractivity contribution < 1.29 is 21.1 Å². The third-order valence-electron chi connectivity index (χ3n) is 3.84. The molecule has 4 nitrogen and oxygen atoms in total. The molecule has 5 heteroatoms. The van der Waals surface area contributed by atoms with Crippen molar-refractivity contribution in [2.45, 2.75) is 0 Å². The predicted molar refractivity (Wildman–Crippen MR) is 117 cm³/mol. The second kappa shape index (κ2) is 9.47. The standard InChI is InChI=1S/C20H11N4.3CH3.Pt/c1-2-14-10-16-5-6-18(23-16)12-20-8-7-19(24-20)11-17-4-3-15(22-17)9-13(1)21-14;;;;/h1-7,9-12H;3*1H3;/q4*-1;+4. The Balaban J connectivity index is 0.000000980. The summed E-state index contributed by atoms with van der Waals surface area (Å²) in [5.41, 5.74) is 6.88. The summed E-state index contributed by atoms with van der Waals surface area (Å²) >= 11 is 0. The van der Waals surface area contributed by atoms with Crippen molar-refractivity contribution >= 4 is 22.8 Å². The van der Waals surface area contributed by atoms with Gasteiger partial charge in [0.05, 0.1) is 28.5 Å². The van der Waals surface area contributed by atoms with Gasteiger partial charge in [0, 0.05) is 5.71 Å². The Morgan fingerprint density at radius 1 is 0.500 bits per heavy atom. The molecule has 142 valence electrons. The average Bonchev–Trinajstić information content (AvgIpc) is 3.32. The Morgan fingerprint density at radius 2 is 0.929 bits per heavy atom. The van der Waals surface area contributed by atoms with Gasteiger partial charge in [-0.3, -0.25) is 9.98 Å². The molecule has 0 unspecified atom stereocenters. The smallest absolute Gasteiger partial charge is 0.358 e. The summed E-state index contributed by atoms with van der Waals surface area (Å²) in [6, 6.07) is 0. The molecule has 0 spiro atoms. The Morgan fingerprint density at radius 3 is 1.43 bits per heavy atom. The number of hydrogen-bond acceptors (Lipinski definition) is 4. The summed E-state index contributed by atoms with van der Waals surface area (Å²) in [6.07, 6.45) is 24.7. The van der Waals surface area contributed by atoms with E-state index in [1.165, 1.54) is 0 Å². The third kappa shape index (κ3) is 4.76. The van der Waals surface area contributed by atoms with E-state index >= 15 is 0 Å². The van der Waals surface area contributed by atoms with Gasteiger partial charge in [0.25, 0.3) is 0 Å². The fourth-order valence-electron chi connectivity index (χ4n) is 2.76. The number of allylic oxidation sites excluding steroid dienone is 12. The molecule has 5 aliphatic rings. The molecule has 0 aliphatic carbocycles. The molecule has 0 aromatic carbocycles. The molecule has 0 saturated heterocycles. The number of rotatable bonds is 0. The molecule has 0 aromatic rings. The van der Waals surface area contributed by atoms with Gasteiger partial charge in [-0.2, -0.15) is 6.08 Å². The van der Waals surface area contributed by atoms with Crippen LogP contribution in [0.2, 0.25) is 0 Å². The molecule has 28 heavy (non-hydrogen) atoms. The van der Waals surface area contributed by atoms with Crippen LogP contribution in [0.25, 0.3) is 0 Å². The molecule has 0 saturated carbocycles. The van der Waals surface area contributed by atoms with Crippen LogP contribution >= 0.6 is 0 Å². The minimum absolute atomic E-state index is 0. The molecule has 5 rings (SSSR count). The van der Waals surface area contributed by atoms with Crippen LogP contribution in [0.5, 0.6) is 0 Å². The summed E-state index contributed by atoms with van der Waals surface area (Å²) in [6.45, 7) is 0. The minimum Gasteiger partial charge on any atom is -0.358 e. The van der Waals surface area contributed by atoms with Gasteiger partial charge in [-0.05, 0) is 54.3 Å². The van der Waals surface area contributed by atoms with Crippen LogP contribution in [0.4, 0.5) is 0 Å². The SMILES string of the molecule is [C-]1=CC2=NC1=CC1=NC(=CC3=NC(=CC4=NC(=C2)C=C4)C=C3)C=C1.[CH3-].[CH3-].[CH3-].[Pt+4]. The molecule has 0 fully saturated rings. The topological polar surface area (TPSA) is 49.4 Å². The van der Waals surface area contributed by atoms with Crippen molar-refractivity contribution in [3.05, 3.63) is 118 Å². The number of aliphatic imine (C=N–C) groups is 4. The molecule has 0 N–H and O–H groups in total. The van der Waals surface area contributed by atoms with Crippen molar-refractivity contribution in [3.63, 3.8) is 0 Å². The van der Waals surface area contributed by atoms with Gasteiger partial charge in [0.2, 0.25) is 0 Å². The van der Waals surface area contributed by atoms with E-state index in [0.29, 0.717) is 0 Å². The van der Waals surface area contributed by atoms with E-state index in [1.807, 2.05) is 66.8 Å². The first-order chi connectivity index (χ1) is 11.8. The first-order valence-electron chi connectivity index (χ1n) is 7.66. The normalized spacial score (nSPS) is 19.4. The zero-order valence-electron chi connectivity index (χ0n) is 16.0. The van der Waals surface area contributed by atoms with E-state index in [-0.39, 0.29) is 43.3 Å². The molecule has 8 bridgehead atoms. The van der Waals surface area contributed by atoms with E-state index in [1.54, 1.807) is 0 Å². The fourth-order valence-corrected chi connectivity index (χ4v) is 2.76. The molecule has 5 heterocycles. The van der Waals surface area contributed by atoms with Crippen molar-refractivity contribution in [2.24, 2.45) is 20.0 Å². The van der Waals surface area contributed by atoms with Gasteiger partial charge in [-0.1, -0.05) is 11.8 Å². The largest absolute Gasteiger partial charge is 4.00 e. The first-order valence-corrected chi connectivity index (χ1v) is 7.66. The molecule has 0 aromatic heterocycles. The molecule has 5 aliphatic heterocycles. The van der Waals surface area contributed by atoms with E-state index in [9.17, 15) is 0 Å². The van der Waals surface area contributed by atoms with E-state index in [4.69, 9.17) is 0 Å². The zero-order chi connectivity index (χ0) is 15.9. The fraction of sp³-hybridized carbons (Fsp3) is 0. The predicted octanol–water partition coefficient (Wildman–Crippen LogP) is 4.73. The number of hydrogen-bond donors (Lipinski definition) is 0. The first kappa shape index (κ1) is 23.3.